The van der Waals surface area contributed by atoms with Gasteiger partial charge in [-0.15, -0.1) is 0 Å². The highest BCUT2D eigenvalue weighted by Gasteiger charge is 2.11. The summed E-state index contributed by atoms with van der Waals surface area (Å²) in [5.74, 6) is -0.365. The van der Waals surface area contributed by atoms with E-state index in [9.17, 15) is 14.4 Å². The zero-order valence-electron chi connectivity index (χ0n) is 16.4. The topological polar surface area (TPSA) is 73.1 Å². The molecule has 0 saturated carbocycles. The molecule has 6 nitrogen and oxygen atoms in total. The van der Waals surface area contributed by atoms with E-state index in [4.69, 9.17) is 0 Å². The van der Waals surface area contributed by atoms with E-state index < -0.39 is 11.1 Å². The van der Waals surface area contributed by atoms with Crippen molar-refractivity contribution in [1.29, 1.82) is 0 Å². The SMILES string of the molecule is Cc1cc(C)cc(NC(=O)Cn2ccn(-c3cc(C)cc(C)c3)c(=O)c2=O)c1. The second kappa shape index (κ2) is 7.68. The highest BCUT2D eigenvalue weighted by molar-refractivity contribution is 5.90. The van der Waals surface area contributed by atoms with Crippen molar-refractivity contribution in [3.05, 3.63) is 91.8 Å². The van der Waals surface area contributed by atoms with Crippen LogP contribution in [0.25, 0.3) is 5.69 Å². The van der Waals surface area contributed by atoms with Gasteiger partial charge in [0.25, 0.3) is 0 Å². The zero-order chi connectivity index (χ0) is 20.4. The van der Waals surface area contributed by atoms with E-state index in [0.29, 0.717) is 11.4 Å². The highest BCUT2D eigenvalue weighted by Crippen LogP contribution is 2.14. The number of carbonyl (C=O) groups excluding carboxylic acids is 1. The van der Waals surface area contributed by atoms with Gasteiger partial charge in [-0.2, -0.15) is 0 Å². The Bertz CT molecular complexity index is 1130. The molecule has 0 bridgehead atoms. The molecule has 3 rings (SSSR count). The van der Waals surface area contributed by atoms with Gasteiger partial charge in [0.15, 0.2) is 0 Å². The Morgan fingerprint density at radius 2 is 1.32 bits per heavy atom. The maximum absolute atomic E-state index is 12.5. The summed E-state index contributed by atoms with van der Waals surface area (Å²) in [4.78, 5) is 37.4. The molecule has 0 aliphatic rings. The lowest BCUT2D eigenvalue weighted by atomic mass is 10.1. The van der Waals surface area contributed by atoms with Gasteiger partial charge in [0.2, 0.25) is 5.91 Å². The van der Waals surface area contributed by atoms with Crippen LogP contribution in [-0.4, -0.2) is 15.0 Å². The number of nitrogens with one attached hydrogen (secondary N) is 1. The normalized spacial score (nSPS) is 10.7. The van der Waals surface area contributed by atoms with Crippen LogP contribution in [0.1, 0.15) is 22.3 Å². The lowest BCUT2D eigenvalue weighted by Gasteiger charge is -2.11. The number of hydrogen-bond acceptors (Lipinski definition) is 3. The summed E-state index contributed by atoms with van der Waals surface area (Å²) in [7, 11) is 0. The molecule has 0 atom stereocenters. The van der Waals surface area contributed by atoms with Crippen LogP contribution in [0.4, 0.5) is 5.69 Å². The lowest BCUT2D eigenvalue weighted by molar-refractivity contribution is -0.116. The summed E-state index contributed by atoms with van der Waals surface area (Å²) in [6.07, 6.45) is 2.98. The smallest absolute Gasteiger partial charge is 0.320 e. The van der Waals surface area contributed by atoms with E-state index in [-0.39, 0.29) is 12.5 Å². The van der Waals surface area contributed by atoms with E-state index in [1.165, 1.54) is 17.0 Å². The van der Waals surface area contributed by atoms with Crippen LogP contribution in [0.5, 0.6) is 0 Å². The van der Waals surface area contributed by atoms with Gasteiger partial charge in [0, 0.05) is 23.8 Å². The molecule has 0 unspecified atom stereocenters. The van der Waals surface area contributed by atoms with E-state index >= 15 is 0 Å². The molecule has 144 valence electrons. The van der Waals surface area contributed by atoms with E-state index in [1.807, 2.05) is 64.1 Å². The third-order valence-corrected chi connectivity index (χ3v) is 4.36. The molecule has 6 heteroatoms. The number of carbonyl (C=O) groups is 1. The number of anilines is 1. The zero-order valence-corrected chi connectivity index (χ0v) is 16.4. The van der Waals surface area contributed by atoms with Gasteiger partial charge >= 0.3 is 11.1 Å². The fourth-order valence-electron chi connectivity index (χ4n) is 3.33. The number of rotatable bonds is 4. The maximum atomic E-state index is 12.5. The molecule has 1 heterocycles. The van der Waals surface area contributed by atoms with Gasteiger partial charge in [-0.25, -0.2) is 0 Å². The van der Waals surface area contributed by atoms with Crippen molar-refractivity contribution in [3.63, 3.8) is 0 Å². The minimum absolute atomic E-state index is 0.227. The summed E-state index contributed by atoms with van der Waals surface area (Å²) in [5.41, 5.74) is 3.93. The molecule has 0 spiro atoms. The van der Waals surface area contributed by atoms with Crippen LogP contribution in [0.3, 0.4) is 0 Å². The standard InChI is InChI=1S/C22H23N3O3/c1-14-7-15(2)10-18(9-14)23-20(26)13-24-5-6-25(22(28)21(24)27)19-11-16(3)8-17(4)12-19/h5-12H,13H2,1-4H3,(H,23,26). The predicted octanol–water partition coefficient (Wildman–Crippen LogP) is 2.87. The molecule has 2 aromatic carbocycles. The maximum Gasteiger partial charge on any atom is 0.320 e. The quantitative estimate of drug-likeness (QED) is 0.711. The van der Waals surface area contributed by atoms with Crippen LogP contribution in [0.2, 0.25) is 0 Å². The Labute approximate surface area is 163 Å². The Morgan fingerprint density at radius 1 is 0.786 bits per heavy atom. The van der Waals surface area contributed by atoms with E-state index in [1.54, 1.807) is 0 Å². The highest BCUT2D eigenvalue weighted by atomic mass is 16.2. The van der Waals surface area contributed by atoms with Crippen molar-refractivity contribution in [1.82, 2.24) is 9.13 Å². The lowest BCUT2D eigenvalue weighted by Crippen LogP contribution is -2.41. The molecule has 0 radical (unpaired) electrons. The first-order valence-corrected chi connectivity index (χ1v) is 9.02. The third kappa shape index (κ3) is 4.28. The van der Waals surface area contributed by atoms with Crippen LogP contribution in [0.15, 0.2) is 58.4 Å². The third-order valence-electron chi connectivity index (χ3n) is 4.36. The average Bonchev–Trinajstić information content (AvgIpc) is 2.57. The summed E-state index contributed by atoms with van der Waals surface area (Å²) in [5, 5.41) is 2.77. The first kappa shape index (κ1) is 19.4. The monoisotopic (exact) mass is 377 g/mol. The fourth-order valence-corrected chi connectivity index (χ4v) is 3.33. The fraction of sp³-hybridized carbons (Fsp3) is 0.227. The molecule has 28 heavy (non-hydrogen) atoms. The molecule has 1 amide bonds. The minimum atomic E-state index is -0.739. The number of aromatic nitrogens is 2. The van der Waals surface area contributed by atoms with Gasteiger partial charge in [-0.3, -0.25) is 23.5 Å². The largest absolute Gasteiger partial charge is 0.325 e. The van der Waals surface area contributed by atoms with Gasteiger partial charge in [0.1, 0.15) is 6.54 Å². The van der Waals surface area contributed by atoms with Crippen molar-refractivity contribution in [2.45, 2.75) is 34.2 Å². The van der Waals surface area contributed by atoms with Crippen molar-refractivity contribution >= 4 is 11.6 Å². The Balaban J connectivity index is 1.86. The number of hydrogen-bond donors (Lipinski definition) is 1. The van der Waals surface area contributed by atoms with E-state index in [0.717, 1.165) is 26.8 Å². The Morgan fingerprint density at radius 3 is 1.89 bits per heavy atom. The number of aryl methyl sites for hydroxylation is 4. The molecule has 0 aliphatic carbocycles. The van der Waals surface area contributed by atoms with Gasteiger partial charge in [-0.05, 0) is 74.2 Å². The van der Waals surface area contributed by atoms with Crippen LogP contribution >= 0.6 is 0 Å². The van der Waals surface area contributed by atoms with Gasteiger partial charge in [-0.1, -0.05) is 12.1 Å². The molecular formula is C22H23N3O3. The molecule has 0 aliphatic heterocycles. The van der Waals surface area contributed by atoms with Crippen LogP contribution in [-0.2, 0) is 11.3 Å². The first-order chi connectivity index (χ1) is 13.2. The summed E-state index contributed by atoms with van der Waals surface area (Å²) >= 11 is 0. The summed E-state index contributed by atoms with van der Waals surface area (Å²) in [6.45, 7) is 7.52. The van der Waals surface area contributed by atoms with Crippen molar-refractivity contribution in [2.75, 3.05) is 5.32 Å². The minimum Gasteiger partial charge on any atom is -0.325 e. The number of benzene rings is 2. The first-order valence-electron chi connectivity index (χ1n) is 9.02. The number of amides is 1. The van der Waals surface area contributed by atoms with E-state index in [2.05, 4.69) is 5.32 Å². The predicted molar refractivity (Wildman–Crippen MR) is 110 cm³/mol. The Kier molecular flexibility index (Phi) is 5.31. The Hall–Kier alpha value is -3.41. The molecule has 1 aromatic heterocycles. The average molecular weight is 377 g/mol. The second-order valence-electron chi connectivity index (χ2n) is 7.18. The van der Waals surface area contributed by atoms with Crippen molar-refractivity contribution in [2.24, 2.45) is 0 Å². The van der Waals surface area contributed by atoms with Gasteiger partial charge < -0.3 is 5.32 Å². The summed E-state index contributed by atoms with van der Waals surface area (Å²) in [6, 6.07) is 11.4. The molecule has 1 N–H and O–H groups in total. The van der Waals surface area contributed by atoms with Crippen LogP contribution in [0, 0.1) is 27.7 Å². The van der Waals surface area contributed by atoms with Crippen molar-refractivity contribution < 1.29 is 4.79 Å². The summed E-state index contributed by atoms with van der Waals surface area (Å²) < 4.78 is 2.43. The molecule has 0 saturated heterocycles. The molecule has 0 fully saturated rings. The van der Waals surface area contributed by atoms with Crippen molar-refractivity contribution in [3.8, 4) is 5.69 Å². The number of nitrogens with zero attached hydrogens (tertiary/aromatic N) is 2. The van der Waals surface area contributed by atoms with Crippen LogP contribution < -0.4 is 16.4 Å². The second-order valence-corrected chi connectivity index (χ2v) is 7.18. The molecular weight excluding hydrogens is 354 g/mol. The molecule has 3 aromatic rings. The van der Waals surface area contributed by atoms with Gasteiger partial charge in [0.05, 0.1) is 0 Å².